The van der Waals surface area contributed by atoms with Gasteiger partial charge < -0.3 is 14.7 Å². The molecule has 1 aromatic carbocycles. The van der Waals surface area contributed by atoms with Gasteiger partial charge >= 0.3 is 12.3 Å². The van der Waals surface area contributed by atoms with E-state index >= 15 is 0 Å². The van der Waals surface area contributed by atoms with Crippen molar-refractivity contribution in [3.05, 3.63) is 63.3 Å². The van der Waals surface area contributed by atoms with E-state index in [2.05, 4.69) is 0 Å². The molecular weight excluding hydrogens is 487 g/mol. The molecule has 7 nitrogen and oxygen atoms in total. The molecule has 1 aliphatic heterocycles. The van der Waals surface area contributed by atoms with Gasteiger partial charge in [0.15, 0.2) is 0 Å². The number of carbonyl (C=O) groups is 1. The molecule has 0 bridgehead atoms. The van der Waals surface area contributed by atoms with Crippen molar-refractivity contribution in [3.63, 3.8) is 0 Å². The summed E-state index contributed by atoms with van der Waals surface area (Å²) in [6.07, 6.45) is -3.79. The summed E-state index contributed by atoms with van der Waals surface area (Å²) < 4.78 is 46.0. The number of alkyl halides is 3. The quantitative estimate of drug-likeness (QED) is 0.642. The second-order valence-electron chi connectivity index (χ2n) is 10.6. The molecule has 1 atom stereocenters. The summed E-state index contributed by atoms with van der Waals surface area (Å²) in [6.45, 7) is 2.19. The van der Waals surface area contributed by atoms with Crippen LogP contribution < -0.4 is 5.56 Å². The number of aliphatic hydroxyl groups is 1. The van der Waals surface area contributed by atoms with Crippen LogP contribution in [0.3, 0.4) is 0 Å². The number of nitrogens with zero attached hydrogens (tertiary/aromatic N) is 3. The van der Waals surface area contributed by atoms with E-state index in [1.807, 2.05) is 30.3 Å². The third-order valence-electron chi connectivity index (χ3n) is 8.12. The number of rotatable bonds is 4. The van der Waals surface area contributed by atoms with Crippen LogP contribution in [0, 0.1) is 18.8 Å². The Morgan fingerprint density at radius 3 is 2.43 bits per heavy atom. The number of ether oxygens (including phenoxy) is 1. The van der Waals surface area contributed by atoms with Crippen molar-refractivity contribution in [3.8, 4) is 0 Å². The lowest BCUT2D eigenvalue weighted by Gasteiger charge is -2.40. The van der Waals surface area contributed by atoms with Crippen LogP contribution in [0.15, 0.2) is 35.1 Å². The van der Waals surface area contributed by atoms with Gasteiger partial charge in [0.05, 0.1) is 30.3 Å². The Morgan fingerprint density at radius 2 is 1.81 bits per heavy atom. The van der Waals surface area contributed by atoms with E-state index in [-0.39, 0.29) is 62.4 Å². The second-order valence-corrected chi connectivity index (χ2v) is 10.6. The number of hydrogen-bond donors (Lipinski definition) is 1. The fourth-order valence-corrected chi connectivity index (χ4v) is 6.00. The van der Waals surface area contributed by atoms with Gasteiger partial charge in [0.1, 0.15) is 11.9 Å². The first kappa shape index (κ1) is 25.8. The zero-order valence-electron chi connectivity index (χ0n) is 20.8. The Hall–Kier alpha value is -2.88. The highest BCUT2D eigenvalue weighted by Gasteiger charge is 2.42. The SMILES string of the molecule is Cc1nc2c(c(=O)n1C(c1ccccc1)C1CC(O)C1)CCN(C(=O)OC1CCC(C(F)(F)F)CC1)C2. The molecule has 1 N–H and O–H groups in total. The van der Waals surface area contributed by atoms with Crippen LogP contribution in [0.2, 0.25) is 0 Å². The van der Waals surface area contributed by atoms with Gasteiger partial charge in [-0.25, -0.2) is 9.78 Å². The fourth-order valence-electron chi connectivity index (χ4n) is 6.00. The predicted octanol–water partition coefficient (Wildman–Crippen LogP) is 4.53. The smallest absolute Gasteiger partial charge is 0.410 e. The van der Waals surface area contributed by atoms with Crippen LogP contribution in [0.1, 0.15) is 67.2 Å². The van der Waals surface area contributed by atoms with E-state index in [0.29, 0.717) is 36.3 Å². The number of carbonyl (C=O) groups excluding carboxylic acids is 1. The highest BCUT2D eigenvalue weighted by atomic mass is 19.4. The van der Waals surface area contributed by atoms with Gasteiger partial charge in [0.2, 0.25) is 0 Å². The average molecular weight is 520 g/mol. The molecule has 2 aliphatic carbocycles. The summed E-state index contributed by atoms with van der Waals surface area (Å²) in [5.41, 5.74) is 1.97. The minimum absolute atomic E-state index is 0.0365. The number of aryl methyl sites for hydroxylation is 1. The topological polar surface area (TPSA) is 84.7 Å². The van der Waals surface area contributed by atoms with Crippen molar-refractivity contribution >= 4 is 6.09 Å². The number of fused-ring (bicyclic) bond motifs is 1. The molecule has 200 valence electrons. The number of halogens is 3. The first-order valence-corrected chi connectivity index (χ1v) is 13.0. The summed E-state index contributed by atoms with van der Waals surface area (Å²) in [5, 5.41) is 9.94. The van der Waals surface area contributed by atoms with Crippen molar-refractivity contribution in [2.45, 2.75) is 82.8 Å². The predicted molar refractivity (Wildman–Crippen MR) is 129 cm³/mol. The lowest BCUT2D eigenvalue weighted by molar-refractivity contribution is -0.186. The third-order valence-corrected chi connectivity index (χ3v) is 8.12. The molecule has 3 aliphatic rings. The fraction of sp³-hybridized carbons (Fsp3) is 0.593. The Kier molecular flexibility index (Phi) is 7.04. The minimum Gasteiger partial charge on any atom is -0.446 e. The molecule has 1 amide bonds. The lowest BCUT2D eigenvalue weighted by Crippen LogP contribution is -2.45. The van der Waals surface area contributed by atoms with E-state index in [0.717, 1.165) is 5.56 Å². The number of hydrogen-bond acceptors (Lipinski definition) is 5. The number of aromatic nitrogens is 2. The summed E-state index contributed by atoms with van der Waals surface area (Å²) in [6, 6.07) is 9.53. The van der Waals surface area contributed by atoms with Gasteiger partial charge in [-0.3, -0.25) is 9.36 Å². The highest BCUT2D eigenvalue weighted by Crippen LogP contribution is 2.41. The van der Waals surface area contributed by atoms with Crippen LogP contribution in [-0.2, 0) is 17.7 Å². The molecule has 2 fully saturated rings. The molecule has 10 heteroatoms. The highest BCUT2D eigenvalue weighted by molar-refractivity contribution is 5.68. The Balaban J connectivity index is 1.31. The molecule has 0 saturated heterocycles. The maximum absolute atomic E-state index is 13.7. The molecule has 2 saturated carbocycles. The van der Waals surface area contributed by atoms with Crippen LogP contribution >= 0.6 is 0 Å². The van der Waals surface area contributed by atoms with E-state index in [1.165, 1.54) is 4.90 Å². The molecule has 5 rings (SSSR count). The zero-order valence-corrected chi connectivity index (χ0v) is 20.8. The molecule has 0 radical (unpaired) electrons. The largest absolute Gasteiger partial charge is 0.446 e. The molecule has 2 heterocycles. The van der Waals surface area contributed by atoms with Crippen molar-refractivity contribution in [2.75, 3.05) is 6.54 Å². The number of aliphatic hydroxyl groups excluding tert-OH is 1. The van der Waals surface area contributed by atoms with Crippen LogP contribution in [-0.4, -0.2) is 50.6 Å². The van der Waals surface area contributed by atoms with Gasteiger partial charge in [-0.05, 0) is 63.4 Å². The van der Waals surface area contributed by atoms with E-state index in [4.69, 9.17) is 9.72 Å². The van der Waals surface area contributed by atoms with Crippen molar-refractivity contribution in [2.24, 2.45) is 11.8 Å². The maximum Gasteiger partial charge on any atom is 0.410 e. The summed E-state index contributed by atoms with van der Waals surface area (Å²) in [7, 11) is 0. The molecule has 1 unspecified atom stereocenters. The average Bonchev–Trinajstić information content (AvgIpc) is 2.85. The van der Waals surface area contributed by atoms with Gasteiger partial charge in [0, 0.05) is 12.1 Å². The van der Waals surface area contributed by atoms with Crippen molar-refractivity contribution in [1.82, 2.24) is 14.5 Å². The van der Waals surface area contributed by atoms with E-state index in [9.17, 15) is 27.9 Å². The van der Waals surface area contributed by atoms with Crippen molar-refractivity contribution in [1.29, 1.82) is 0 Å². The van der Waals surface area contributed by atoms with E-state index in [1.54, 1.807) is 11.5 Å². The standard InChI is InChI=1S/C27H32F3N3O4/c1-16-31-23-15-32(26(36)37-21-9-7-19(8-10-21)27(28,29)30)12-11-22(23)25(35)33(16)24(18-13-20(34)14-18)17-5-3-2-4-6-17/h2-6,18-21,24,34H,7-15H2,1H3. The molecule has 37 heavy (non-hydrogen) atoms. The Labute approximate surface area is 213 Å². The molecule has 1 aromatic heterocycles. The Bertz CT molecular complexity index is 1190. The second kappa shape index (κ2) is 10.1. The maximum atomic E-state index is 13.7. The van der Waals surface area contributed by atoms with Gasteiger partial charge in [-0.15, -0.1) is 0 Å². The summed E-state index contributed by atoms with van der Waals surface area (Å²) >= 11 is 0. The zero-order chi connectivity index (χ0) is 26.3. The minimum atomic E-state index is -4.21. The monoisotopic (exact) mass is 519 g/mol. The first-order chi connectivity index (χ1) is 17.6. The number of amides is 1. The van der Waals surface area contributed by atoms with Crippen LogP contribution in [0.5, 0.6) is 0 Å². The summed E-state index contributed by atoms with van der Waals surface area (Å²) in [5.74, 6) is -0.669. The Morgan fingerprint density at radius 1 is 1.14 bits per heavy atom. The molecule has 2 aromatic rings. The van der Waals surface area contributed by atoms with Crippen LogP contribution in [0.4, 0.5) is 18.0 Å². The van der Waals surface area contributed by atoms with Crippen LogP contribution in [0.25, 0.3) is 0 Å². The first-order valence-electron chi connectivity index (χ1n) is 13.0. The molecular formula is C27H32F3N3O4. The van der Waals surface area contributed by atoms with Gasteiger partial charge in [-0.1, -0.05) is 30.3 Å². The van der Waals surface area contributed by atoms with E-state index < -0.39 is 24.3 Å². The normalized spacial score (nSPS) is 26.7. The summed E-state index contributed by atoms with van der Waals surface area (Å²) in [4.78, 5) is 32.7. The third kappa shape index (κ3) is 5.26. The lowest BCUT2D eigenvalue weighted by atomic mass is 9.74. The van der Waals surface area contributed by atoms with Crippen molar-refractivity contribution < 1.29 is 27.8 Å². The van der Waals surface area contributed by atoms with Gasteiger partial charge in [0.25, 0.3) is 5.56 Å². The van der Waals surface area contributed by atoms with Gasteiger partial charge in [-0.2, -0.15) is 13.2 Å². The molecule has 0 spiro atoms. The number of benzene rings is 1.